The minimum Gasteiger partial charge on any atom is -0.350 e. The molecule has 232 valence electrons. The lowest BCUT2D eigenvalue weighted by Gasteiger charge is -2.35. The zero-order chi connectivity index (χ0) is 32.2. The zero-order valence-electron chi connectivity index (χ0n) is 25.2. The highest BCUT2D eigenvalue weighted by Crippen LogP contribution is 2.33. The first kappa shape index (κ1) is 33.6. The van der Waals surface area contributed by atoms with Gasteiger partial charge in [-0.25, -0.2) is 8.42 Å². The van der Waals surface area contributed by atoms with Gasteiger partial charge in [0.1, 0.15) is 12.6 Å². The number of amides is 2. The molecule has 0 saturated heterocycles. The molecular formula is C32H38F3N3O4S. The third-order valence-electron chi connectivity index (χ3n) is 6.84. The summed E-state index contributed by atoms with van der Waals surface area (Å²) in [7, 11) is -4.51. The quantitative estimate of drug-likeness (QED) is 0.292. The van der Waals surface area contributed by atoms with Crippen molar-refractivity contribution in [3.8, 4) is 0 Å². The second kappa shape index (κ2) is 13.2. The number of hydrogen-bond donors (Lipinski definition) is 1. The Morgan fingerprint density at radius 1 is 0.907 bits per heavy atom. The van der Waals surface area contributed by atoms with Crippen LogP contribution in [0.5, 0.6) is 0 Å². The van der Waals surface area contributed by atoms with Gasteiger partial charge in [-0.2, -0.15) is 13.2 Å². The van der Waals surface area contributed by atoms with E-state index in [0.29, 0.717) is 10.4 Å². The van der Waals surface area contributed by atoms with Crippen LogP contribution in [0.15, 0.2) is 77.7 Å². The lowest BCUT2D eigenvalue weighted by Crippen LogP contribution is -2.55. The van der Waals surface area contributed by atoms with Crippen LogP contribution < -0.4 is 9.62 Å². The maximum Gasteiger partial charge on any atom is 0.416 e. The van der Waals surface area contributed by atoms with Crippen LogP contribution in [-0.4, -0.2) is 43.3 Å². The molecule has 43 heavy (non-hydrogen) atoms. The first-order valence-corrected chi connectivity index (χ1v) is 15.3. The van der Waals surface area contributed by atoms with Crippen molar-refractivity contribution >= 4 is 27.5 Å². The molecule has 1 N–H and O–H groups in total. The SMILES string of the molecule is CC[C@@H](C(=O)NC(C)(C)C)N(Cc1ccccc1C)C(=O)CN(c1cccc(C(F)(F)F)c1)S(=O)(=O)c1ccc(C)cc1. The van der Waals surface area contributed by atoms with E-state index in [-0.39, 0.29) is 23.5 Å². The molecule has 0 aliphatic rings. The molecule has 0 saturated carbocycles. The summed E-state index contributed by atoms with van der Waals surface area (Å²) in [5.74, 6) is -1.17. The first-order valence-electron chi connectivity index (χ1n) is 13.9. The van der Waals surface area contributed by atoms with Gasteiger partial charge in [0.2, 0.25) is 11.8 Å². The van der Waals surface area contributed by atoms with Crippen LogP contribution in [0.3, 0.4) is 0 Å². The number of hydrogen-bond acceptors (Lipinski definition) is 4. The number of nitrogens with zero attached hydrogens (tertiary/aromatic N) is 2. The van der Waals surface area contributed by atoms with Gasteiger partial charge in [0, 0.05) is 12.1 Å². The number of benzene rings is 3. The molecule has 0 unspecified atom stereocenters. The fourth-order valence-electron chi connectivity index (χ4n) is 4.55. The second-order valence-corrected chi connectivity index (χ2v) is 13.3. The summed E-state index contributed by atoms with van der Waals surface area (Å²) in [5.41, 5.74) is 0.376. The van der Waals surface area contributed by atoms with Crippen LogP contribution in [0.25, 0.3) is 0 Å². The Hall–Kier alpha value is -3.86. The first-order chi connectivity index (χ1) is 19.9. The molecule has 0 aliphatic carbocycles. The van der Waals surface area contributed by atoms with Crippen LogP contribution in [-0.2, 0) is 32.3 Å². The van der Waals surface area contributed by atoms with Crippen LogP contribution >= 0.6 is 0 Å². The highest BCUT2D eigenvalue weighted by Gasteiger charge is 2.36. The highest BCUT2D eigenvalue weighted by atomic mass is 32.2. The normalized spacial score (nSPS) is 12.9. The molecule has 2 amide bonds. The van der Waals surface area contributed by atoms with Crippen LogP contribution in [0.4, 0.5) is 18.9 Å². The van der Waals surface area contributed by atoms with E-state index in [0.717, 1.165) is 28.8 Å². The third-order valence-corrected chi connectivity index (χ3v) is 8.62. The summed E-state index contributed by atoms with van der Waals surface area (Å²) in [4.78, 5) is 28.7. The fraction of sp³-hybridized carbons (Fsp3) is 0.375. The van der Waals surface area contributed by atoms with Crippen molar-refractivity contribution in [2.75, 3.05) is 10.8 Å². The molecule has 0 spiro atoms. The Morgan fingerprint density at radius 3 is 2.09 bits per heavy atom. The third kappa shape index (κ3) is 8.59. The molecule has 0 aliphatic heterocycles. The van der Waals surface area contributed by atoms with Gasteiger partial charge in [0.15, 0.2) is 0 Å². The van der Waals surface area contributed by atoms with Gasteiger partial charge in [-0.1, -0.05) is 55.0 Å². The fourth-order valence-corrected chi connectivity index (χ4v) is 5.95. The van der Waals surface area contributed by atoms with Crippen molar-refractivity contribution in [2.45, 2.75) is 77.2 Å². The molecule has 3 aromatic rings. The van der Waals surface area contributed by atoms with Crippen molar-refractivity contribution in [2.24, 2.45) is 0 Å². The summed E-state index contributed by atoms with van der Waals surface area (Å²) in [5, 5.41) is 2.89. The van der Waals surface area contributed by atoms with E-state index in [4.69, 9.17) is 0 Å². The number of rotatable bonds is 10. The number of anilines is 1. The molecule has 1 atom stereocenters. The lowest BCUT2D eigenvalue weighted by molar-refractivity contribution is -0.141. The molecule has 7 nitrogen and oxygen atoms in total. The molecule has 0 bridgehead atoms. The monoisotopic (exact) mass is 617 g/mol. The predicted molar refractivity (Wildman–Crippen MR) is 161 cm³/mol. The second-order valence-electron chi connectivity index (χ2n) is 11.5. The topological polar surface area (TPSA) is 86.8 Å². The van der Waals surface area contributed by atoms with E-state index in [1.54, 1.807) is 58.9 Å². The number of nitrogens with one attached hydrogen (secondary N) is 1. The summed E-state index contributed by atoms with van der Waals surface area (Å²) < 4.78 is 69.5. The van der Waals surface area contributed by atoms with Gasteiger partial charge >= 0.3 is 6.18 Å². The smallest absolute Gasteiger partial charge is 0.350 e. The summed E-state index contributed by atoms with van der Waals surface area (Å²) in [6.45, 7) is 9.91. The maximum atomic E-state index is 14.1. The molecule has 0 fully saturated rings. The van der Waals surface area contributed by atoms with Crippen molar-refractivity contribution in [1.82, 2.24) is 10.2 Å². The van der Waals surface area contributed by atoms with Crippen molar-refractivity contribution in [3.05, 3.63) is 95.1 Å². The lowest BCUT2D eigenvalue weighted by atomic mass is 10.0. The van der Waals surface area contributed by atoms with E-state index in [2.05, 4.69) is 5.32 Å². The van der Waals surface area contributed by atoms with E-state index in [1.165, 1.54) is 23.1 Å². The molecule has 0 aromatic heterocycles. The predicted octanol–water partition coefficient (Wildman–Crippen LogP) is 6.24. The average Bonchev–Trinajstić information content (AvgIpc) is 2.91. The van der Waals surface area contributed by atoms with E-state index >= 15 is 0 Å². The largest absolute Gasteiger partial charge is 0.416 e. The minimum atomic E-state index is -4.74. The van der Waals surface area contributed by atoms with E-state index < -0.39 is 51.7 Å². The highest BCUT2D eigenvalue weighted by molar-refractivity contribution is 7.92. The zero-order valence-corrected chi connectivity index (χ0v) is 26.0. The van der Waals surface area contributed by atoms with Crippen LogP contribution in [0.1, 0.15) is 56.4 Å². The Kier molecular flexibility index (Phi) is 10.3. The molecule has 3 rings (SSSR count). The van der Waals surface area contributed by atoms with Gasteiger partial charge in [-0.05, 0) is 82.5 Å². The summed E-state index contributed by atoms with van der Waals surface area (Å²) in [6.07, 6.45) is -4.53. The van der Waals surface area contributed by atoms with Gasteiger partial charge in [0.25, 0.3) is 10.0 Å². The Bertz CT molecular complexity index is 1550. The maximum absolute atomic E-state index is 14.1. The molecule has 11 heteroatoms. The van der Waals surface area contributed by atoms with Crippen molar-refractivity contribution < 1.29 is 31.2 Å². The van der Waals surface area contributed by atoms with Crippen LogP contribution in [0.2, 0.25) is 0 Å². The number of aryl methyl sites for hydroxylation is 2. The van der Waals surface area contributed by atoms with Gasteiger partial charge in [0.05, 0.1) is 16.1 Å². The molecule has 0 heterocycles. The summed E-state index contributed by atoms with van der Waals surface area (Å²) >= 11 is 0. The molecule has 3 aromatic carbocycles. The number of carbonyl (C=O) groups is 2. The van der Waals surface area contributed by atoms with E-state index in [9.17, 15) is 31.2 Å². The number of sulfonamides is 1. The molecule has 0 radical (unpaired) electrons. The van der Waals surface area contributed by atoms with Gasteiger partial charge < -0.3 is 10.2 Å². The van der Waals surface area contributed by atoms with Crippen molar-refractivity contribution in [1.29, 1.82) is 0 Å². The van der Waals surface area contributed by atoms with Crippen LogP contribution in [0, 0.1) is 13.8 Å². The molecular weight excluding hydrogens is 579 g/mol. The minimum absolute atomic E-state index is 0.0113. The number of halogens is 3. The Morgan fingerprint density at radius 2 is 1.53 bits per heavy atom. The van der Waals surface area contributed by atoms with Crippen molar-refractivity contribution in [3.63, 3.8) is 0 Å². The average molecular weight is 618 g/mol. The van der Waals surface area contributed by atoms with Gasteiger partial charge in [-0.15, -0.1) is 0 Å². The number of alkyl halides is 3. The summed E-state index contributed by atoms with van der Waals surface area (Å²) in [6, 6.07) is 15.9. The van der Waals surface area contributed by atoms with E-state index in [1.807, 2.05) is 19.1 Å². The number of carbonyl (C=O) groups excluding carboxylic acids is 2. The standard InChI is InChI=1S/C32H38F3N3O4S/c1-7-28(30(40)36-31(4,5)6)37(20-24-12-9-8-11-23(24)3)29(39)21-38(26-14-10-13-25(19-26)32(33,34)35)43(41,42)27-17-15-22(2)16-18-27/h8-19,28H,7,20-21H2,1-6H3,(H,36,40)/t28-/m0/s1. The Labute approximate surface area is 251 Å². The Balaban J connectivity index is 2.15. The van der Waals surface area contributed by atoms with Gasteiger partial charge in [-0.3, -0.25) is 13.9 Å².